The second-order valence-corrected chi connectivity index (χ2v) is 27.3. The minimum Gasteiger partial charge on any atom is -0.0587 e. The van der Waals surface area contributed by atoms with Crippen molar-refractivity contribution in [1.82, 2.24) is 0 Å². The summed E-state index contributed by atoms with van der Waals surface area (Å²) in [6.45, 7) is 29.5. The third-order valence-electron chi connectivity index (χ3n) is 17.9. The van der Waals surface area contributed by atoms with Gasteiger partial charge in [-0.25, -0.2) is 0 Å². The molecular weight excluding hydrogens is 1020 g/mol. The molecule has 0 aliphatic carbocycles. The summed E-state index contributed by atoms with van der Waals surface area (Å²) < 4.78 is 0. The number of benzene rings is 11. The Morgan fingerprint density at radius 3 is 0.741 bits per heavy atom. The highest BCUT2D eigenvalue weighted by atomic mass is 14.3. The topological polar surface area (TPSA) is 0 Å². The lowest BCUT2D eigenvalue weighted by atomic mass is 9.79. The van der Waals surface area contributed by atoms with E-state index in [-0.39, 0.29) is 34.0 Å². The lowest BCUT2D eigenvalue weighted by molar-refractivity contribution is 0.589. The predicted octanol–water partition coefficient (Wildman–Crippen LogP) is 23.0. The SMILES string of the molecule is Cc1ccc(-c2ccc(C(c3ccc(-c4ccc(C(c5ccc(C(C)(C)C)cc5)c5ccc(-c6ccc(C(c7ccc(-c8ccc(C)cc8)cc7)c7ccc(C(C)(C)C)cc7)cc6C)cc5C)cc4)cc3)c3ccc(C(C)(C)C)cc3)cc2)cc1. The lowest BCUT2D eigenvalue weighted by Crippen LogP contribution is -2.12. The average molecular weight is 1110 g/mol. The molecule has 85 heavy (non-hydrogen) atoms. The van der Waals surface area contributed by atoms with Gasteiger partial charge in [-0.3, -0.25) is 0 Å². The van der Waals surface area contributed by atoms with Gasteiger partial charge in [0.25, 0.3) is 0 Å². The second kappa shape index (κ2) is 23.8. The van der Waals surface area contributed by atoms with Gasteiger partial charge in [0.15, 0.2) is 0 Å². The Labute approximate surface area is 509 Å². The average Bonchev–Trinajstić information content (AvgIpc) is 3.25. The molecule has 0 aliphatic rings. The summed E-state index contributed by atoms with van der Waals surface area (Å²) in [6, 6.07) is 97.2. The van der Waals surface area contributed by atoms with E-state index in [1.54, 1.807) is 0 Å². The Morgan fingerprint density at radius 2 is 0.459 bits per heavy atom. The van der Waals surface area contributed by atoms with Crippen LogP contribution in [-0.4, -0.2) is 0 Å². The summed E-state index contributed by atoms with van der Waals surface area (Å²) in [4.78, 5) is 0. The van der Waals surface area contributed by atoms with Crippen molar-refractivity contribution in [2.24, 2.45) is 0 Å². The fraction of sp³-hybridized carbons (Fsp3) is 0.224. The molecule has 0 saturated carbocycles. The highest BCUT2D eigenvalue weighted by molar-refractivity contribution is 5.72. The molecule has 0 N–H and O–H groups in total. The summed E-state index contributed by atoms with van der Waals surface area (Å²) in [5, 5.41) is 0. The highest BCUT2D eigenvalue weighted by Gasteiger charge is 2.25. The fourth-order valence-corrected chi connectivity index (χ4v) is 12.6. The van der Waals surface area contributed by atoms with Crippen LogP contribution in [0.5, 0.6) is 0 Å². The molecule has 3 unspecified atom stereocenters. The van der Waals surface area contributed by atoms with Gasteiger partial charge < -0.3 is 0 Å². The molecule has 0 saturated heterocycles. The van der Waals surface area contributed by atoms with Crippen molar-refractivity contribution in [3.63, 3.8) is 0 Å². The molecule has 0 aromatic heterocycles. The molecule has 0 heteroatoms. The number of rotatable bonds is 13. The van der Waals surface area contributed by atoms with Crippen molar-refractivity contribution >= 4 is 0 Å². The molecule has 0 heterocycles. The van der Waals surface area contributed by atoms with Gasteiger partial charge >= 0.3 is 0 Å². The van der Waals surface area contributed by atoms with Gasteiger partial charge in [-0.15, -0.1) is 0 Å². The molecule has 0 radical (unpaired) electrons. The fourth-order valence-electron chi connectivity index (χ4n) is 12.6. The third-order valence-corrected chi connectivity index (χ3v) is 17.9. The number of hydrogen-bond donors (Lipinski definition) is 0. The molecule has 11 aromatic rings. The van der Waals surface area contributed by atoms with Crippen molar-refractivity contribution < 1.29 is 0 Å². The first-order valence-electron chi connectivity index (χ1n) is 30.7. The molecule has 0 aliphatic heterocycles. The van der Waals surface area contributed by atoms with E-state index in [0.717, 1.165) is 0 Å². The zero-order valence-electron chi connectivity index (χ0n) is 52.5. The Kier molecular flexibility index (Phi) is 16.3. The van der Waals surface area contributed by atoms with E-state index >= 15 is 0 Å². The molecule has 0 bridgehead atoms. The summed E-state index contributed by atoms with van der Waals surface area (Å²) in [5.41, 5.74) is 30.9. The van der Waals surface area contributed by atoms with E-state index in [0.29, 0.717) is 0 Å². The van der Waals surface area contributed by atoms with E-state index < -0.39 is 0 Å². The van der Waals surface area contributed by atoms with Gasteiger partial charge in [0.2, 0.25) is 0 Å². The molecule has 3 atom stereocenters. The maximum Gasteiger partial charge on any atom is 0.0342 e. The molecule has 11 rings (SSSR count). The van der Waals surface area contributed by atoms with Crippen molar-refractivity contribution in [3.05, 3.63) is 344 Å². The molecule has 0 fully saturated rings. The van der Waals surface area contributed by atoms with Crippen LogP contribution in [0.3, 0.4) is 0 Å². The van der Waals surface area contributed by atoms with E-state index in [2.05, 4.69) is 345 Å². The van der Waals surface area contributed by atoms with Crippen LogP contribution in [0.15, 0.2) is 255 Å². The van der Waals surface area contributed by atoms with Gasteiger partial charge in [0.05, 0.1) is 0 Å². The van der Waals surface area contributed by atoms with E-state index in [9.17, 15) is 0 Å². The number of aryl methyl sites for hydroxylation is 4. The van der Waals surface area contributed by atoms with Crippen LogP contribution in [0.2, 0.25) is 0 Å². The van der Waals surface area contributed by atoms with Gasteiger partial charge in [0, 0.05) is 17.8 Å². The molecule has 11 aromatic carbocycles. The molecule has 0 nitrogen and oxygen atoms in total. The molecule has 0 spiro atoms. The maximum atomic E-state index is 2.43. The smallest absolute Gasteiger partial charge is 0.0342 e. The monoisotopic (exact) mass is 1100 g/mol. The Bertz CT molecular complexity index is 4040. The summed E-state index contributed by atoms with van der Waals surface area (Å²) in [6.07, 6.45) is 0. The number of hydrogen-bond acceptors (Lipinski definition) is 0. The first kappa shape index (κ1) is 58.2. The standard InChI is InChI=1S/C85H84/c1-56-14-18-60(19-15-56)62-22-30-66(31-23-62)80(69-38-46-75(47-39-69)83(5,6)7)67-32-24-64(25-33-67)65-28-36-71(37-29-65)82(72-42-50-77(51-43-72)85(11,12)13)79-53-44-73(54-59(79)4)78-52-45-74(55-58(78)3)81(70-40-48-76(49-41-70)84(8,9)10)68-34-26-63(27-35-68)61-20-16-57(2)17-21-61/h14-55,80-82H,1-13H3. The normalized spacial score (nSPS) is 13.1. The van der Waals surface area contributed by atoms with Crippen LogP contribution < -0.4 is 0 Å². The lowest BCUT2D eigenvalue weighted by Gasteiger charge is -2.25. The van der Waals surface area contributed by atoms with E-state index in [1.807, 2.05) is 0 Å². The van der Waals surface area contributed by atoms with Crippen LogP contribution in [0.4, 0.5) is 0 Å². The zero-order chi connectivity index (χ0) is 59.8. The van der Waals surface area contributed by atoms with Crippen LogP contribution in [0.1, 0.15) is 169 Å². The van der Waals surface area contributed by atoms with Gasteiger partial charge in [-0.2, -0.15) is 0 Å². The maximum absolute atomic E-state index is 2.43. The largest absolute Gasteiger partial charge is 0.0587 e. The minimum atomic E-state index is 0.0496. The van der Waals surface area contributed by atoms with Gasteiger partial charge in [-0.05, 0) is 166 Å². The van der Waals surface area contributed by atoms with E-state index in [4.69, 9.17) is 0 Å². The quantitative estimate of drug-likeness (QED) is 0.101. The zero-order valence-corrected chi connectivity index (χ0v) is 52.5. The molecular formula is C85H84. The van der Waals surface area contributed by atoms with Crippen molar-refractivity contribution in [2.45, 2.75) is 124 Å². The molecule has 424 valence electrons. The Balaban J connectivity index is 0.897. The Hall–Kier alpha value is -8.58. The van der Waals surface area contributed by atoms with Gasteiger partial charge in [-0.1, -0.05) is 328 Å². The van der Waals surface area contributed by atoms with E-state index in [1.165, 1.54) is 134 Å². The minimum absolute atomic E-state index is 0.0496. The Morgan fingerprint density at radius 1 is 0.212 bits per heavy atom. The first-order chi connectivity index (χ1) is 40.6. The third kappa shape index (κ3) is 12.9. The van der Waals surface area contributed by atoms with Crippen LogP contribution >= 0.6 is 0 Å². The summed E-state index contributed by atoms with van der Waals surface area (Å²) >= 11 is 0. The summed E-state index contributed by atoms with van der Waals surface area (Å²) in [7, 11) is 0. The van der Waals surface area contributed by atoms with Crippen LogP contribution in [0.25, 0.3) is 44.5 Å². The van der Waals surface area contributed by atoms with Crippen LogP contribution in [-0.2, 0) is 16.2 Å². The van der Waals surface area contributed by atoms with Crippen molar-refractivity contribution in [3.8, 4) is 44.5 Å². The predicted molar refractivity (Wildman–Crippen MR) is 365 cm³/mol. The van der Waals surface area contributed by atoms with Gasteiger partial charge in [0.1, 0.15) is 0 Å². The van der Waals surface area contributed by atoms with Crippen LogP contribution in [0, 0.1) is 27.7 Å². The first-order valence-corrected chi connectivity index (χ1v) is 30.7. The second-order valence-electron chi connectivity index (χ2n) is 27.3. The van der Waals surface area contributed by atoms with Crippen molar-refractivity contribution in [1.29, 1.82) is 0 Å². The molecule has 0 amide bonds. The summed E-state index contributed by atoms with van der Waals surface area (Å²) in [5.74, 6) is 0.227. The highest BCUT2D eigenvalue weighted by Crippen LogP contribution is 2.42. The van der Waals surface area contributed by atoms with Crippen molar-refractivity contribution in [2.75, 3.05) is 0 Å².